The molecule has 0 aliphatic heterocycles. The zero-order chi connectivity index (χ0) is 19.7. The largest absolute Gasteiger partial charge is 0.478 e. The van der Waals surface area contributed by atoms with Gasteiger partial charge in [0.1, 0.15) is 11.3 Å². The molecule has 2 aromatic heterocycles. The molecule has 1 saturated carbocycles. The number of aryl methyl sites for hydroxylation is 1. The lowest BCUT2D eigenvalue weighted by Gasteiger charge is -2.12. The highest BCUT2D eigenvalue weighted by atomic mass is 16.5. The highest BCUT2D eigenvalue weighted by Crippen LogP contribution is 2.32. The van der Waals surface area contributed by atoms with Gasteiger partial charge in [-0.15, -0.1) is 0 Å². The Bertz CT molecular complexity index is 1030. The molecule has 1 aromatic carbocycles. The van der Waals surface area contributed by atoms with Gasteiger partial charge in [-0.05, 0) is 45.2 Å². The zero-order valence-corrected chi connectivity index (χ0v) is 16.1. The number of ether oxygens (including phenoxy) is 1. The van der Waals surface area contributed by atoms with Crippen LogP contribution in [0.25, 0.3) is 21.8 Å². The van der Waals surface area contributed by atoms with E-state index in [4.69, 9.17) is 14.7 Å². The van der Waals surface area contributed by atoms with Gasteiger partial charge >= 0.3 is 5.97 Å². The fourth-order valence-electron chi connectivity index (χ4n) is 3.15. The van der Waals surface area contributed by atoms with E-state index in [1.807, 2.05) is 20.0 Å². The number of anilines is 1. The number of aromatic nitrogens is 3. The van der Waals surface area contributed by atoms with Gasteiger partial charge in [0.2, 0.25) is 0 Å². The minimum absolute atomic E-state index is 0.220. The second-order valence-electron chi connectivity index (χ2n) is 7.49. The van der Waals surface area contributed by atoms with Crippen molar-refractivity contribution in [2.75, 3.05) is 11.9 Å². The number of hydrogen-bond donors (Lipinski definition) is 2. The Kier molecular flexibility index (Phi) is 5.09. The summed E-state index contributed by atoms with van der Waals surface area (Å²) >= 11 is 0. The minimum atomic E-state index is -0.962. The lowest BCUT2D eigenvalue weighted by Crippen LogP contribution is -2.08. The van der Waals surface area contributed by atoms with Crippen molar-refractivity contribution in [1.82, 2.24) is 15.0 Å². The lowest BCUT2D eigenvalue weighted by molar-refractivity contribution is 0.0696. The van der Waals surface area contributed by atoms with Crippen molar-refractivity contribution in [3.8, 4) is 0 Å². The van der Waals surface area contributed by atoms with E-state index in [0.29, 0.717) is 24.0 Å². The Morgan fingerprint density at radius 2 is 2.11 bits per heavy atom. The van der Waals surface area contributed by atoms with Crippen molar-refractivity contribution < 1.29 is 14.6 Å². The number of fused-ring (bicyclic) bond motifs is 3. The smallest absolute Gasteiger partial charge is 0.335 e. The quantitative estimate of drug-likeness (QED) is 0.453. The van der Waals surface area contributed by atoms with Crippen LogP contribution < -0.4 is 5.32 Å². The first-order valence-electron chi connectivity index (χ1n) is 9.72. The molecule has 146 valence electrons. The summed E-state index contributed by atoms with van der Waals surface area (Å²) in [5.74, 6) is 0.507. The van der Waals surface area contributed by atoms with Crippen LogP contribution in [0.3, 0.4) is 0 Å². The van der Waals surface area contributed by atoms with Crippen LogP contribution in [0.4, 0.5) is 5.82 Å². The molecule has 1 aliphatic rings. The Labute approximate surface area is 163 Å². The summed E-state index contributed by atoms with van der Waals surface area (Å²) in [6, 6.07) is 5.39. The van der Waals surface area contributed by atoms with Gasteiger partial charge in [0, 0.05) is 36.0 Å². The fourth-order valence-corrected chi connectivity index (χ4v) is 3.15. The number of aromatic carboxylic acids is 1. The molecule has 0 unspecified atom stereocenters. The van der Waals surface area contributed by atoms with Crippen LogP contribution in [-0.2, 0) is 11.2 Å². The van der Waals surface area contributed by atoms with E-state index in [-0.39, 0.29) is 11.7 Å². The third-order valence-corrected chi connectivity index (χ3v) is 4.74. The van der Waals surface area contributed by atoms with E-state index in [1.54, 1.807) is 18.2 Å². The first-order chi connectivity index (χ1) is 13.5. The highest BCUT2D eigenvalue weighted by molar-refractivity contribution is 6.09. The maximum atomic E-state index is 11.3. The Hall–Kier alpha value is -2.80. The first-order valence-corrected chi connectivity index (χ1v) is 9.72. The molecular formula is C21H24N4O3. The van der Waals surface area contributed by atoms with E-state index in [1.165, 1.54) is 0 Å². The summed E-state index contributed by atoms with van der Waals surface area (Å²) in [5, 5.41) is 14.5. The summed E-state index contributed by atoms with van der Waals surface area (Å²) in [6.07, 6.45) is 5.86. The highest BCUT2D eigenvalue weighted by Gasteiger charge is 2.23. The molecular weight excluding hydrogens is 356 g/mol. The summed E-state index contributed by atoms with van der Waals surface area (Å²) in [4.78, 5) is 25.3. The molecule has 0 radical (unpaired) electrons. The Morgan fingerprint density at radius 1 is 1.29 bits per heavy atom. The van der Waals surface area contributed by atoms with Crippen LogP contribution >= 0.6 is 0 Å². The second-order valence-corrected chi connectivity index (χ2v) is 7.49. The van der Waals surface area contributed by atoms with Crippen molar-refractivity contribution in [2.45, 2.75) is 51.7 Å². The normalized spacial score (nSPS) is 14.1. The topological polar surface area (TPSA) is 97.2 Å². The number of carbonyl (C=O) groups is 1. The van der Waals surface area contributed by atoms with Gasteiger partial charge in [-0.25, -0.2) is 19.7 Å². The number of benzene rings is 1. The molecule has 7 heteroatoms. The van der Waals surface area contributed by atoms with Crippen LogP contribution in [0, 0.1) is 0 Å². The van der Waals surface area contributed by atoms with E-state index in [2.05, 4.69) is 10.3 Å². The van der Waals surface area contributed by atoms with Crippen LogP contribution in [0.15, 0.2) is 24.4 Å². The molecule has 0 bridgehead atoms. The van der Waals surface area contributed by atoms with E-state index < -0.39 is 5.97 Å². The monoisotopic (exact) mass is 380 g/mol. The number of nitrogens with zero attached hydrogens (tertiary/aromatic N) is 3. The SMILES string of the molecule is CC(C)OCCCc1ncc2c(n1)c(NC1CC1)nc1cc(C(=O)O)ccc12. The van der Waals surface area contributed by atoms with Crippen molar-refractivity contribution in [1.29, 1.82) is 0 Å². The number of hydrogen-bond acceptors (Lipinski definition) is 6. The molecule has 28 heavy (non-hydrogen) atoms. The molecule has 1 fully saturated rings. The molecule has 0 spiro atoms. The number of carboxylic acids is 1. The second kappa shape index (κ2) is 7.67. The molecule has 4 rings (SSSR count). The average Bonchev–Trinajstić information content (AvgIpc) is 3.48. The van der Waals surface area contributed by atoms with Gasteiger partial charge in [-0.1, -0.05) is 6.07 Å². The predicted octanol–water partition coefficient (Wildman–Crippen LogP) is 3.81. The number of nitrogens with one attached hydrogen (secondary N) is 1. The average molecular weight is 380 g/mol. The maximum Gasteiger partial charge on any atom is 0.335 e. The third-order valence-electron chi connectivity index (χ3n) is 4.74. The molecule has 0 saturated heterocycles. The molecule has 3 aromatic rings. The van der Waals surface area contributed by atoms with Crippen molar-refractivity contribution in [2.24, 2.45) is 0 Å². The van der Waals surface area contributed by atoms with E-state index >= 15 is 0 Å². The lowest BCUT2D eigenvalue weighted by atomic mass is 10.1. The maximum absolute atomic E-state index is 11.3. The molecule has 0 amide bonds. The first kappa shape index (κ1) is 18.6. The van der Waals surface area contributed by atoms with Gasteiger partial charge in [0.15, 0.2) is 5.82 Å². The van der Waals surface area contributed by atoms with Gasteiger partial charge in [-0.2, -0.15) is 0 Å². The Balaban J connectivity index is 1.72. The van der Waals surface area contributed by atoms with Crippen molar-refractivity contribution in [3.05, 3.63) is 35.8 Å². The number of carboxylic acid groups (broad SMARTS) is 1. The molecule has 2 N–H and O–H groups in total. The molecule has 1 aliphatic carbocycles. The number of rotatable bonds is 8. The van der Waals surface area contributed by atoms with Crippen LogP contribution in [0.5, 0.6) is 0 Å². The molecule has 2 heterocycles. The van der Waals surface area contributed by atoms with Gasteiger partial charge in [0.25, 0.3) is 0 Å². The summed E-state index contributed by atoms with van der Waals surface area (Å²) < 4.78 is 5.60. The van der Waals surface area contributed by atoms with Crippen molar-refractivity contribution >= 4 is 33.6 Å². The zero-order valence-electron chi connectivity index (χ0n) is 16.1. The van der Waals surface area contributed by atoms with Gasteiger partial charge in [-0.3, -0.25) is 0 Å². The predicted molar refractivity (Wildman–Crippen MR) is 108 cm³/mol. The molecule has 0 atom stereocenters. The summed E-state index contributed by atoms with van der Waals surface area (Å²) in [5.41, 5.74) is 1.65. The van der Waals surface area contributed by atoms with Crippen LogP contribution in [-0.4, -0.2) is 44.8 Å². The van der Waals surface area contributed by atoms with Gasteiger partial charge < -0.3 is 15.2 Å². The van der Waals surface area contributed by atoms with Crippen LogP contribution in [0.2, 0.25) is 0 Å². The molecule has 7 nitrogen and oxygen atoms in total. The standard InChI is InChI=1S/C21H24N4O3/c1-12(2)28-9-3-4-18-22-11-16-15-8-5-13(21(26)27)10-17(15)24-20(19(16)25-18)23-14-6-7-14/h5,8,10-12,14H,3-4,6-7,9H2,1-2H3,(H,23,24)(H,26,27). The number of pyridine rings is 1. The summed E-state index contributed by atoms with van der Waals surface area (Å²) in [6.45, 7) is 4.73. The van der Waals surface area contributed by atoms with Crippen molar-refractivity contribution in [3.63, 3.8) is 0 Å². The van der Waals surface area contributed by atoms with E-state index in [0.717, 1.165) is 47.8 Å². The van der Waals surface area contributed by atoms with Crippen LogP contribution in [0.1, 0.15) is 49.3 Å². The summed E-state index contributed by atoms with van der Waals surface area (Å²) in [7, 11) is 0. The minimum Gasteiger partial charge on any atom is -0.478 e. The Morgan fingerprint density at radius 3 is 2.82 bits per heavy atom. The third kappa shape index (κ3) is 4.04. The van der Waals surface area contributed by atoms with E-state index in [9.17, 15) is 9.90 Å². The fraction of sp³-hybridized carbons (Fsp3) is 0.429. The van der Waals surface area contributed by atoms with Gasteiger partial charge in [0.05, 0.1) is 17.2 Å².